The summed E-state index contributed by atoms with van der Waals surface area (Å²) in [6.45, 7) is 0. The van der Waals surface area contributed by atoms with Gasteiger partial charge in [0.2, 0.25) is 15.9 Å². The van der Waals surface area contributed by atoms with Crippen molar-refractivity contribution in [1.82, 2.24) is 19.7 Å². The van der Waals surface area contributed by atoms with Gasteiger partial charge in [-0.1, -0.05) is 6.07 Å². The van der Waals surface area contributed by atoms with Crippen molar-refractivity contribution in [3.05, 3.63) is 49.2 Å². The number of aromatic nitrogens is 3. The third-order valence-electron chi connectivity index (χ3n) is 3.04. The number of oxazole rings is 1. The third kappa shape index (κ3) is 3.67. The fraction of sp³-hybridized carbons (Fsp3) is 0.0714. The first-order valence-electron chi connectivity index (χ1n) is 6.85. The van der Waals surface area contributed by atoms with Crippen LogP contribution in [0.4, 0.5) is 23.2 Å². The number of hydrogen-bond acceptors (Lipinski definition) is 8. The van der Waals surface area contributed by atoms with E-state index in [0.29, 0.717) is 23.2 Å². The van der Waals surface area contributed by atoms with Crippen LogP contribution >= 0.6 is 0 Å². The van der Waals surface area contributed by atoms with E-state index < -0.39 is 10.0 Å². The molecule has 0 bridgehead atoms. The zero-order valence-electron chi connectivity index (χ0n) is 12.6. The molecule has 0 spiro atoms. The fourth-order valence-corrected chi connectivity index (χ4v) is 2.68. The predicted octanol–water partition coefficient (Wildman–Crippen LogP) is 1.86. The van der Waals surface area contributed by atoms with Crippen LogP contribution < -0.4 is 15.4 Å². The predicted molar refractivity (Wildman–Crippen MR) is 87.8 cm³/mol. The molecular weight excluding hydrogens is 332 g/mol. The molecule has 0 aliphatic carbocycles. The molecule has 9 nitrogen and oxygen atoms in total. The molecule has 2 heterocycles. The van der Waals surface area contributed by atoms with Gasteiger partial charge in [0, 0.05) is 11.8 Å². The zero-order chi connectivity index (χ0) is 17.0. The van der Waals surface area contributed by atoms with Crippen LogP contribution in [-0.2, 0) is 10.0 Å². The van der Waals surface area contributed by atoms with Crippen LogP contribution in [0.3, 0.4) is 0 Å². The van der Waals surface area contributed by atoms with Gasteiger partial charge in [-0.3, -0.25) is 0 Å². The molecule has 124 valence electrons. The van der Waals surface area contributed by atoms with Crippen LogP contribution in [0.5, 0.6) is 0 Å². The van der Waals surface area contributed by atoms with Crippen molar-refractivity contribution in [2.24, 2.45) is 0 Å². The average molecular weight is 346 g/mol. The van der Waals surface area contributed by atoms with Crippen molar-refractivity contribution in [1.29, 1.82) is 0 Å². The highest BCUT2D eigenvalue weighted by Crippen LogP contribution is 2.21. The molecule has 3 aromatic rings. The summed E-state index contributed by atoms with van der Waals surface area (Å²) < 4.78 is 31.1. The first-order chi connectivity index (χ1) is 11.6. The molecule has 0 fully saturated rings. The number of rotatable bonds is 6. The van der Waals surface area contributed by atoms with Gasteiger partial charge in [0.25, 0.3) is 0 Å². The van der Waals surface area contributed by atoms with E-state index in [-0.39, 0.29) is 4.90 Å². The van der Waals surface area contributed by atoms with Crippen LogP contribution in [0.2, 0.25) is 0 Å². The van der Waals surface area contributed by atoms with E-state index in [4.69, 9.17) is 4.42 Å². The Bertz CT molecular complexity index is 927. The lowest BCUT2D eigenvalue weighted by molar-refractivity contribution is 0.574. The molecule has 10 heteroatoms. The normalized spacial score (nSPS) is 11.2. The first-order valence-corrected chi connectivity index (χ1v) is 8.33. The largest absolute Gasteiger partial charge is 0.428 e. The Kier molecular flexibility index (Phi) is 4.40. The summed E-state index contributed by atoms with van der Waals surface area (Å²) in [5.74, 6) is 1.44. The number of hydrogen-bond donors (Lipinski definition) is 3. The monoisotopic (exact) mass is 346 g/mol. The lowest BCUT2D eigenvalue weighted by atomic mass is 10.3. The third-order valence-corrected chi connectivity index (χ3v) is 4.45. The van der Waals surface area contributed by atoms with Crippen molar-refractivity contribution in [3.8, 4) is 0 Å². The SMILES string of the molecule is CNS(=O)(=O)c1cccc(Nc2cc(Nc3cnco3)ncn2)c1. The van der Waals surface area contributed by atoms with E-state index in [2.05, 4.69) is 30.3 Å². The molecule has 2 aromatic heterocycles. The highest BCUT2D eigenvalue weighted by atomic mass is 32.2. The summed E-state index contributed by atoms with van der Waals surface area (Å²) in [5, 5.41) is 5.96. The molecule has 0 aliphatic heterocycles. The maximum absolute atomic E-state index is 11.8. The molecule has 0 aliphatic rings. The van der Waals surface area contributed by atoms with Crippen LogP contribution in [0.15, 0.2) is 58.6 Å². The Labute approximate surface area is 138 Å². The van der Waals surface area contributed by atoms with E-state index in [1.54, 1.807) is 18.2 Å². The maximum atomic E-state index is 11.8. The Hall–Kier alpha value is -2.98. The van der Waals surface area contributed by atoms with Crippen LogP contribution in [0.1, 0.15) is 0 Å². The van der Waals surface area contributed by atoms with Gasteiger partial charge in [-0.25, -0.2) is 28.1 Å². The van der Waals surface area contributed by atoms with Crippen molar-refractivity contribution in [3.63, 3.8) is 0 Å². The number of sulfonamides is 1. The van der Waals surface area contributed by atoms with Gasteiger partial charge in [-0.15, -0.1) is 0 Å². The molecule has 1 aromatic carbocycles. The second-order valence-corrected chi connectivity index (χ2v) is 6.53. The minimum atomic E-state index is -3.51. The second kappa shape index (κ2) is 6.64. The Morgan fingerprint density at radius 3 is 2.58 bits per heavy atom. The lowest BCUT2D eigenvalue weighted by Gasteiger charge is -2.09. The van der Waals surface area contributed by atoms with E-state index in [1.165, 1.54) is 38.1 Å². The van der Waals surface area contributed by atoms with E-state index in [1.807, 2.05) is 0 Å². The summed E-state index contributed by atoms with van der Waals surface area (Å²) in [6.07, 6.45) is 4.19. The van der Waals surface area contributed by atoms with Crippen molar-refractivity contribution in [2.45, 2.75) is 4.90 Å². The molecule has 24 heavy (non-hydrogen) atoms. The summed E-state index contributed by atoms with van der Waals surface area (Å²) >= 11 is 0. The summed E-state index contributed by atoms with van der Waals surface area (Å²) in [7, 11) is -2.15. The number of nitrogens with one attached hydrogen (secondary N) is 3. The summed E-state index contributed by atoms with van der Waals surface area (Å²) in [6, 6.07) is 8.05. The zero-order valence-corrected chi connectivity index (χ0v) is 13.4. The highest BCUT2D eigenvalue weighted by molar-refractivity contribution is 7.89. The molecule has 0 radical (unpaired) electrons. The van der Waals surface area contributed by atoms with Gasteiger partial charge in [0.15, 0.2) is 6.39 Å². The van der Waals surface area contributed by atoms with Crippen molar-refractivity contribution in [2.75, 3.05) is 17.7 Å². The number of nitrogens with zero attached hydrogens (tertiary/aromatic N) is 3. The maximum Gasteiger partial charge on any atom is 0.240 e. The Morgan fingerprint density at radius 2 is 1.88 bits per heavy atom. The van der Waals surface area contributed by atoms with Gasteiger partial charge in [0.1, 0.15) is 18.0 Å². The van der Waals surface area contributed by atoms with Gasteiger partial charge in [0.05, 0.1) is 11.1 Å². The molecule has 0 atom stereocenters. The summed E-state index contributed by atoms with van der Waals surface area (Å²) in [5.41, 5.74) is 0.579. The second-order valence-electron chi connectivity index (χ2n) is 4.64. The minimum Gasteiger partial charge on any atom is -0.428 e. The number of benzene rings is 1. The molecule has 3 rings (SSSR count). The van der Waals surface area contributed by atoms with E-state index >= 15 is 0 Å². The molecule has 0 saturated heterocycles. The van der Waals surface area contributed by atoms with Crippen molar-refractivity contribution < 1.29 is 12.8 Å². The van der Waals surface area contributed by atoms with Gasteiger partial charge in [-0.2, -0.15) is 0 Å². The molecule has 0 amide bonds. The average Bonchev–Trinajstić information content (AvgIpc) is 3.08. The highest BCUT2D eigenvalue weighted by Gasteiger charge is 2.11. The quantitative estimate of drug-likeness (QED) is 0.618. The number of anilines is 4. The molecule has 0 saturated carbocycles. The topological polar surface area (TPSA) is 122 Å². The van der Waals surface area contributed by atoms with Crippen LogP contribution in [-0.4, -0.2) is 30.4 Å². The lowest BCUT2D eigenvalue weighted by Crippen LogP contribution is -2.18. The first kappa shape index (κ1) is 15.9. The smallest absolute Gasteiger partial charge is 0.240 e. The van der Waals surface area contributed by atoms with E-state index in [9.17, 15) is 8.42 Å². The standard InChI is InChI=1S/C14H14N6O3S/c1-15-24(21,22)11-4-2-3-10(5-11)19-12-6-13(18-8-17-12)20-14-7-16-9-23-14/h2-9,15H,1H3,(H2,17,18,19,20). The minimum absolute atomic E-state index is 0.157. The van der Waals surface area contributed by atoms with Gasteiger partial charge >= 0.3 is 0 Å². The molecular formula is C14H14N6O3S. The molecule has 3 N–H and O–H groups in total. The summed E-state index contributed by atoms with van der Waals surface area (Å²) in [4.78, 5) is 12.1. The fourth-order valence-electron chi connectivity index (χ4n) is 1.90. The van der Waals surface area contributed by atoms with Crippen molar-refractivity contribution >= 4 is 33.2 Å². The van der Waals surface area contributed by atoms with Crippen LogP contribution in [0.25, 0.3) is 0 Å². The molecule has 0 unspecified atom stereocenters. The van der Waals surface area contributed by atoms with E-state index in [0.717, 1.165) is 0 Å². The Morgan fingerprint density at radius 1 is 1.08 bits per heavy atom. The van der Waals surface area contributed by atoms with Crippen LogP contribution in [0, 0.1) is 0 Å². The van der Waals surface area contributed by atoms with Gasteiger partial charge in [-0.05, 0) is 25.2 Å². The van der Waals surface area contributed by atoms with Gasteiger partial charge < -0.3 is 15.1 Å². The Balaban J connectivity index is 1.80.